The number of anilines is 1. The molecule has 3 aromatic carbocycles. The molecule has 4 rings (SSSR count). The molecule has 2 atom stereocenters. The first-order valence-corrected chi connectivity index (χ1v) is 12.7. The lowest BCUT2D eigenvalue weighted by atomic mass is 9.73. The summed E-state index contributed by atoms with van der Waals surface area (Å²) in [5.41, 5.74) is 2.18. The monoisotopic (exact) mass is 510 g/mol. The molecule has 0 radical (unpaired) electrons. The molecule has 3 aromatic rings. The number of nitrogens with one attached hydrogen (secondary N) is 1. The highest BCUT2D eigenvalue weighted by Crippen LogP contribution is 2.33. The average Bonchev–Trinajstić information content (AvgIpc) is 2.96. The van der Waals surface area contributed by atoms with Gasteiger partial charge in [-0.05, 0) is 55.8 Å². The smallest absolute Gasteiger partial charge is 0.258 e. The normalized spacial score (nSPS) is 18.2. The molecule has 6 nitrogen and oxygen atoms in total. The molecule has 0 aliphatic heterocycles. The molecule has 2 unspecified atom stereocenters. The lowest BCUT2D eigenvalue weighted by Gasteiger charge is -2.35. The number of nitrogens with zero attached hydrogens (tertiary/aromatic N) is 1. The SMILES string of the molecule is COc1cccc(C(=O)N(CCNC2C=CC=CC2(C)C(=O)c2cccc(OC)c2)c2ccccc2C)c1. The van der Waals surface area contributed by atoms with Crippen molar-refractivity contribution in [3.63, 3.8) is 0 Å². The van der Waals surface area contributed by atoms with Crippen molar-refractivity contribution in [3.05, 3.63) is 114 Å². The molecule has 1 amide bonds. The maximum Gasteiger partial charge on any atom is 0.258 e. The molecule has 0 heterocycles. The lowest BCUT2D eigenvalue weighted by molar-refractivity contribution is 0.0839. The second kappa shape index (κ2) is 11.9. The Morgan fingerprint density at radius 3 is 2.24 bits per heavy atom. The number of ketones is 1. The van der Waals surface area contributed by atoms with Crippen molar-refractivity contribution in [2.45, 2.75) is 19.9 Å². The highest BCUT2D eigenvalue weighted by molar-refractivity contribution is 6.06. The molecule has 0 fully saturated rings. The zero-order valence-corrected chi connectivity index (χ0v) is 22.3. The molecule has 196 valence electrons. The minimum absolute atomic E-state index is 0.00211. The molecule has 0 spiro atoms. The number of para-hydroxylation sites is 1. The summed E-state index contributed by atoms with van der Waals surface area (Å²) in [6.45, 7) is 4.83. The summed E-state index contributed by atoms with van der Waals surface area (Å²) in [7, 11) is 3.18. The number of carbonyl (C=O) groups is 2. The van der Waals surface area contributed by atoms with Crippen LogP contribution in [-0.2, 0) is 0 Å². The van der Waals surface area contributed by atoms with Crippen LogP contribution in [0.1, 0.15) is 33.2 Å². The van der Waals surface area contributed by atoms with Crippen LogP contribution in [0.25, 0.3) is 0 Å². The van der Waals surface area contributed by atoms with Crippen molar-refractivity contribution in [2.75, 3.05) is 32.2 Å². The summed E-state index contributed by atoms with van der Waals surface area (Å²) in [6.07, 6.45) is 7.79. The first-order chi connectivity index (χ1) is 18.4. The van der Waals surface area contributed by atoms with E-state index >= 15 is 0 Å². The highest BCUT2D eigenvalue weighted by atomic mass is 16.5. The zero-order valence-electron chi connectivity index (χ0n) is 22.3. The Hall–Kier alpha value is -4.16. The van der Waals surface area contributed by atoms with Gasteiger partial charge in [-0.1, -0.05) is 60.7 Å². The van der Waals surface area contributed by atoms with E-state index in [1.807, 2.05) is 92.7 Å². The predicted octanol–water partition coefficient (Wildman–Crippen LogP) is 5.63. The molecule has 0 saturated heterocycles. The van der Waals surface area contributed by atoms with Gasteiger partial charge in [0.2, 0.25) is 0 Å². The summed E-state index contributed by atoms with van der Waals surface area (Å²) in [6, 6.07) is 22.0. The second-order valence-electron chi connectivity index (χ2n) is 9.49. The minimum atomic E-state index is -0.800. The fraction of sp³-hybridized carbons (Fsp3) is 0.250. The molecule has 0 aromatic heterocycles. The minimum Gasteiger partial charge on any atom is -0.497 e. The van der Waals surface area contributed by atoms with E-state index in [9.17, 15) is 9.59 Å². The predicted molar refractivity (Wildman–Crippen MR) is 151 cm³/mol. The third-order valence-electron chi connectivity index (χ3n) is 6.99. The number of carbonyl (C=O) groups excluding carboxylic acids is 2. The van der Waals surface area contributed by atoms with Crippen LogP contribution < -0.4 is 19.7 Å². The number of methoxy groups -OCH3 is 2. The van der Waals surface area contributed by atoms with E-state index in [4.69, 9.17) is 9.47 Å². The van der Waals surface area contributed by atoms with Gasteiger partial charge in [-0.2, -0.15) is 0 Å². The van der Waals surface area contributed by atoms with Crippen LogP contribution in [0.3, 0.4) is 0 Å². The molecular formula is C32H34N2O4. The number of hydrogen-bond acceptors (Lipinski definition) is 5. The number of rotatable bonds is 10. The van der Waals surface area contributed by atoms with Crippen LogP contribution in [0.15, 0.2) is 97.1 Å². The van der Waals surface area contributed by atoms with E-state index in [1.54, 1.807) is 37.3 Å². The summed E-state index contributed by atoms with van der Waals surface area (Å²) in [5.74, 6) is 1.15. The molecule has 1 N–H and O–H groups in total. The topological polar surface area (TPSA) is 67.9 Å². The van der Waals surface area contributed by atoms with Crippen molar-refractivity contribution >= 4 is 17.4 Å². The van der Waals surface area contributed by atoms with Gasteiger partial charge in [-0.25, -0.2) is 0 Å². The van der Waals surface area contributed by atoms with Gasteiger partial charge in [0.15, 0.2) is 5.78 Å². The number of ether oxygens (including phenoxy) is 2. The van der Waals surface area contributed by atoms with Crippen LogP contribution in [0, 0.1) is 12.3 Å². The van der Waals surface area contributed by atoms with Gasteiger partial charge in [-0.15, -0.1) is 0 Å². The number of Topliss-reactive ketones (excluding diaryl/α,β-unsaturated/α-hetero) is 1. The second-order valence-corrected chi connectivity index (χ2v) is 9.49. The van der Waals surface area contributed by atoms with E-state index in [0.717, 1.165) is 11.3 Å². The largest absolute Gasteiger partial charge is 0.497 e. The van der Waals surface area contributed by atoms with Crippen molar-refractivity contribution in [2.24, 2.45) is 5.41 Å². The molecule has 0 saturated carbocycles. The van der Waals surface area contributed by atoms with E-state index in [2.05, 4.69) is 5.32 Å². The van der Waals surface area contributed by atoms with Gasteiger partial charge >= 0.3 is 0 Å². The lowest BCUT2D eigenvalue weighted by Crippen LogP contribution is -2.49. The maximum atomic E-state index is 13.7. The van der Waals surface area contributed by atoms with Gasteiger partial charge in [0, 0.05) is 35.9 Å². The molecular weight excluding hydrogens is 476 g/mol. The van der Waals surface area contributed by atoms with Gasteiger partial charge in [0.05, 0.1) is 19.6 Å². The van der Waals surface area contributed by atoms with Crippen LogP contribution in [-0.4, -0.2) is 45.0 Å². The average molecular weight is 511 g/mol. The fourth-order valence-corrected chi connectivity index (χ4v) is 4.75. The van der Waals surface area contributed by atoms with E-state index in [1.165, 1.54) is 0 Å². The molecule has 1 aliphatic rings. The van der Waals surface area contributed by atoms with E-state index in [-0.39, 0.29) is 17.7 Å². The number of benzene rings is 3. The molecule has 0 bridgehead atoms. The van der Waals surface area contributed by atoms with Crippen LogP contribution in [0.2, 0.25) is 0 Å². The van der Waals surface area contributed by atoms with E-state index in [0.29, 0.717) is 35.7 Å². The third-order valence-corrected chi connectivity index (χ3v) is 6.99. The summed E-state index contributed by atoms with van der Waals surface area (Å²) in [5, 5.41) is 3.53. The van der Waals surface area contributed by atoms with Crippen molar-refractivity contribution in [1.82, 2.24) is 5.32 Å². The zero-order chi connectivity index (χ0) is 27.1. The van der Waals surface area contributed by atoms with Gasteiger partial charge in [0.1, 0.15) is 11.5 Å². The quantitative estimate of drug-likeness (QED) is 0.358. The Bertz CT molecular complexity index is 1360. The number of aryl methyl sites for hydroxylation is 1. The Morgan fingerprint density at radius 2 is 1.55 bits per heavy atom. The highest BCUT2D eigenvalue weighted by Gasteiger charge is 2.39. The first kappa shape index (κ1) is 26.9. The first-order valence-electron chi connectivity index (χ1n) is 12.7. The summed E-state index contributed by atoms with van der Waals surface area (Å²) in [4.78, 5) is 29.1. The Kier molecular flexibility index (Phi) is 8.44. The van der Waals surface area contributed by atoms with Crippen LogP contribution in [0.5, 0.6) is 11.5 Å². The van der Waals surface area contributed by atoms with Gasteiger partial charge < -0.3 is 19.7 Å². The number of allylic oxidation sites excluding steroid dienone is 2. The number of hydrogen-bond donors (Lipinski definition) is 1. The molecule has 38 heavy (non-hydrogen) atoms. The summed E-state index contributed by atoms with van der Waals surface area (Å²) >= 11 is 0. The Balaban J connectivity index is 1.55. The third kappa shape index (κ3) is 5.71. The van der Waals surface area contributed by atoms with Gasteiger partial charge in [0.25, 0.3) is 5.91 Å². The maximum absolute atomic E-state index is 13.7. The van der Waals surface area contributed by atoms with Gasteiger partial charge in [-0.3, -0.25) is 9.59 Å². The molecule has 6 heteroatoms. The van der Waals surface area contributed by atoms with Crippen LogP contribution in [0.4, 0.5) is 5.69 Å². The number of amides is 1. The Labute approximate surface area is 224 Å². The van der Waals surface area contributed by atoms with Crippen molar-refractivity contribution in [3.8, 4) is 11.5 Å². The van der Waals surface area contributed by atoms with E-state index < -0.39 is 5.41 Å². The Morgan fingerprint density at radius 1 is 0.895 bits per heavy atom. The fourth-order valence-electron chi connectivity index (χ4n) is 4.75. The van der Waals surface area contributed by atoms with Crippen LogP contribution >= 0.6 is 0 Å². The standard InChI is InChI=1S/C32H34N2O4/c1-23-11-5-6-16-28(23)34(31(36)25-13-10-15-27(22-25)38-4)20-19-33-29-17-7-8-18-32(29,2)30(35)24-12-9-14-26(21-24)37-3/h5-18,21-22,29,33H,19-20H2,1-4H3. The summed E-state index contributed by atoms with van der Waals surface area (Å²) < 4.78 is 10.7. The van der Waals surface area contributed by atoms with Crippen molar-refractivity contribution < 1.29 is 19.1 Å². The van der Waals surface area contributed by atoms with Crippen molar-refractivity contribution in [1.29, 1.82) is 0 Å². The molecule has 1 aliphatic carbocycles.